The topological polar surface area (TPSA) is 88.3 Å². The minimum absolute atomic E-state index is 0.262. The zero-order chi connectivity index (χ0) is 22.5. The summed E-state index contributed by atoms with van der Waals surface area (Å²) < 4.78 is 7.38. The molecule has 8 nitrogen and oxygen atoms in total. The Kier molecular flexibility index (Phi) is 5.39. The lowest BCUT2D eigenvalue weighted by Crippen LogP contribution is -2.56. The number of aryl methyl sites for hydroxylation is 2. The fourth-order valence-corrected chi connectivity index (χ4v) is 5.11. The molecular formula is C24H32N6O2. The molecule has 2 N–H and O–H groups in total. The maximum Gasteiger partial charge on any atom is 0.227 e. The van der Waals surface area contributed by atoms with E-state index in [9.17, 15) is 5.11 Å². The second kappa shape index (κ2) is 8.10. The molecule has 2 saturated heterocycles. The molecule has 3 aromatic rings. The van der Waals surface area contributed by atoms with Crippen LogP contribution in [0.25, 0.3) is 10.9 Å². The van der Waals surface area contributed by atoms with Crippen LogP contribution in [0.5, 0.6) is 0 Å². The van der Waals surface area contributed by atoms with Gasteiger partial charge in [-0.3, -0.25) is 9.58 Å². The number of aliphatic hydroxyl groups is 1. The fraction of sp³-hybridized carbons (Fsp3) is 0.542. The Balaban J connectivity index is 1.36. The van der Waals surface area contributed by atoms with Gasteiger partial charge in [-0.2, -0.15) is 5.10 Å². The lowest BCUT2D eigenvalue weighted by molar-refractivity contribution is -0.00214. The number of rotatable bonds is 4. The molecule has 1 aromatic carbocycles. The minimum Gasteiger partial charge on any atom is -0.389 e. The van der Waals surface area contributed by atoms with E-state index in [4.69, 9.17) is 9.72 Å². The number of piperidine rings is 1. The van der Waals surface area contributed by atoms with Crippen molar-refractivity contribution >= 4 is 22.5 Å². The van der Waals surface area contributed by atoms with E-state index in [-0.39, 0.29) is 5.54 Å². The molecule has 32 heavy (non-hydrogen) atoms. The summed E-state index contributed by atoms with van der Waals surface area (Å²) in [6.07, 6.45) is 5.41. The lowest BCUT2D eigenvalue weighted by Gasteiger charge is -2.43. The molecule has 8 heteroatoms. The Bertz CT molecular complexity index is 1140. The molecule has 4 heterocycles. The van der Waals surface area contributed by atoms with Gasteiger partial charge in [0.25, 0.3) is 0 Å². The molecule has 2 aromatic heterocycles. The Hall–Kier alpha value is -2.55. The number of likely N-dealkylation sites (tertiary alicyclic amines) is 1. The third kappa shape index (κ3) is 3.66. The lowest BCUT2D eigenvalue weighted by atomic mass is 9.84. The van der Waals surface area contributed by atoms with Crippen molar-refractivity contribution in [3.05, 3.63) is 41.3 Å². The van der Waals surface area contributed by atoms with Gasteiger partial charge >= 0.3 is 0 Å². The van der Waals surface area contributed by atoms with Crippen molar-refractivity contribution in [3.63, 3.8) is 0 Å². The summed E-state index contributed by atoms with van der Waals surface area (Å²) in [4.78, 5) is 11.7. The highest BCUT2D eigenvalue weighted by Crippen LogP contribution is 2.36. The smallest absolute Gasteiger partial charge is 0.227 e. The van der Waals surface area contributed by atoms with E-state index in [0.717, 1.165) is 48.2 Å². The summed E-state index contributed by atoms with van der Waals surface area (Å²) >= 11 is 0. The minimum atomic E-state index is -0.410. The molecule has 0 bridgehead atoms. The first-order valence-electron chi connectivity index (χ1n) is 11.4. The van der Waals surface area contributed by atoms with Gasteiger partial charge in [-0.15, -0.1) is 0 Å². The van der Waals surface area contributed by atoms with E-state index in [1.165, 1.54) is 11.1 Å². The molecule has 2 aliphatic heterocycles. The predicted molar refractivity (Wildman–Crippen MR) is 124 cm³/mol. The summed E-state index contributed by atoms with van der Waals surface area (Å²) in [6.45, 7) is 9.31. The number of hydrogen-bond donors (Lipinski definition) is 2. The van der Waals surface area contributed by atoms with E-state index < -0.39 is 6.10 Å². The Morgan fingerprint density at radius 2 is 1.97 bits per heavy atom. The van der Waals surface area contributed by atoms with E-state index in [1.54, 1.807) is 6.20 Å². The number of aromatic nitrogens is 4. The van der Waals surface area contributed by atoms with E-state index in [0.29, 0.717) is 25.1 Å². The first-order chi connectivity index (χ1) is 15.3. The normalized spacial score (nSPS) is 25.0. The highest BCUT2D eigenvalue weighted by Gasteiger charge is 2.44. The Morgan fingerprint density at radius 1 is 1.19 bits per heavy atom. The van der Waals surface area contributed by atoms with E-state index >= 15 is 0 Å². The second-order valence-corrected chi connectivity index (χ2v) is 9.50. The van der Waals surface area contributed by atoms with Gasteiger partial charge in [-0.25, -0.2) is 9.97 Å². The molecular weight excluding hydrogens is 404 g/mol. The van der Waals surface area contributed by atoms with Crippen molar-refractivity contribution in [1.29, 1.82) is 0 Å². The van der Waals surface area contributed by atoms with Gasteiger partial charge in [-0.05, 0) is 75.9 Å². The summed E-state index contributed by atoms with van der Waals surface area (Å²) in [6, 6.07) is 4.44. The van der Waals surface area contributed by atoms with Crippen molar-refractivity contribution in [2.75, 3.05) is 31.6 Å². The maximum atomic E-state index is 10.4. The first kappa shape index (κ1) is 21.3. The van der Waals surface area contributed by atoms with Gasteiger partial charge in [0.1, 0.15) is 0 Å². The number of benzene rings is 1. The van der Waals surface area contributed by atoms with Crippen LogP contribution < -0.4 is 5.32 Å². The first-order valence-corrected chi connectivity index (χ1v) is 11.4. The van der Waals surface area contributed by atoms with Crippen molar-refractivity contribution in [1.82, 2.24) is 24.6 Å². The molecule has 5 rings (SSSR count). The number of nitrogens with zero attached hydrogens (tertiary/aromatic N) is 5. The molecule has 0 unspecified atom stereocenters. The van der Waals surface area contributed by atoms with Crippen molar-refractivity contribution < 1.29 is 9.84 Å². The van der Waals surface area contributed by atoms with Crippen LogP contribution in [0.3, 0.4) is 0 Å². The highest BCUT2D eigenvalue weighted by atomic mass is 16.5. The summed E-state index contributed by atoms with van der Waals surface area (Å²) in [7, 11) is 1.92. The largest absolute Gasteiger partial charge is 0.389 e. The Labute approximate surface area is 188 Å². The molecule has 2 aliphatic rings. The highest BCUT2D eigenvalue weighted by molar-refractivity contribution is 5.81. The molecule has 2 atom stereocenters. The quantitative estimate of drug-likeness (QED) is 0.650. The average molecular weight is 437 g/mol. The van der Waals surface area contributed by atoms with Gasteiger partial charge in [0.05, 0.1) is 48.0 Å². The van der Waals surface area contributed by atoms with E-state index in [1.807, 2.05) is 24.9 Å². The van der Waals surface area contributed by atoms with Crippen LogP contribution in [-0.4, -0.2) is 67.7 Å². The standard InChI is InChI=1S/C24H32N6O2/c1-15-9-18-11-25-23(28-21-12-26-29(4)16(21)2)27-20(18)10-19(15)17-5-7-30(8-6-17)24(3)14-32-13-22(24)31/h9-12,17,22,31H,5-8,13-14H2,1-4H3,(H,25,27,28)/t22-,24+/m0/s1. The molecule has 170 valence electrons. The van der Waals surface area contributed by atoms with Gasteiger partial charge in [0, 0.05) is 18.6 Å². The van der Waals surface area contributed by atoms with Crippen LogP contribution in [0.1, 0.15) is 42.5 Å². The number of ether oxygens (including phenoxy) is 1. The summed E-state index contributed by atoms with van der Waals surface area (Å²) in [5, 5.41) is 19.0. The monoisotopic (exact) mass is 436 g/mol. The van der Waals surface area contributed by atoms with Crippen LogP contribution >= 0.6 is 0 Å². The van der Waals surface area contributed by atoms with Gasteiger partial charge in [0.2, 0.25) is 5.95 Å². The van der Waals surface area contributed by atoms with Gasteiger partial charge in [-0.1, -0.05) is 0 Å². The van der Waals surface area contributed by atoms with Crippen LogP contribution in [0, 0.1) is 13.8 Å². The van der Waals surface area contributed by atoms with Crippen molar-refractivity contribution in [2.45, 2.75) is 51.2 Å². The van der Waals surface area contributed by atoms with Crippen LogP contribution in [0.2, 0.25) is 0 Å². The zero-order valence-electron chi connectivity index (χ0n) is 19.3. The second-order valence-electron chi connectivity index (χ2n) is 9.50. The molecule has 0 radical (unpaired) electrons. The van der Waals surface area contributed by atoms with Crippen LogP contribution in [0.4, 0.5) is 11.6 Å². The zero-order valence-corrected chi connectivity index (χ0v) is 19.3. The van der Waals surface area contributed by atoms with Crippen LogP contribution in [-0.2, 0) is 11.8 Å². The Morgan fingerprint density at radius 3 is 2.62 bits per heavy atom. The maximum absolute atomic E-state index is 10.4. The summed E-state index contributed by atoms with van der Waals surface area (Å²) in [5.41, 5.74) is 5.31. The summed E-state index contributed by atoms with van der Waals surface area (Å²) in [5.74, 6) is 1.08. The SMILES string of the molecule is Cc1cc2cnc(Nc3cnn(C)c3C)nc2cc1C1CCN([C@]2(C)COC[C@@H]2O)CC1. The average Bonchev–Trinajstić information content (AvgIpc) is 3.30. The molecule has 2 fully saturated rings. The number of aliphatic hydroxyl groups excluding tert-OH is 1. The molecule has 0 aliphatic carbocycles. The van der Waals surface area contributed by atoms with Crippen molar-refractivity contribution in [3.8, 4) is 0 Å². The third-order valence-corrected chi connectivity index (χ3v) is 7.49. The van der Waals surface area contributed by atoms with Crippen LogP contribution in [0.15, 0.2) is 24.5 Å². The van der Waals surface area contributed by atoms with Crippen molar-refractivity contribution in [2.24, 2.45) is 7.05 Å². The molecule has 0 amide bonds. The number of nitrogens with one attached hydrogen (secondary N) is 1. The third-order valence-electron chi connectivity index (χ3n) is 7.49. The van der Waals surface area contributed by atoms with Gasteiger partial charge in [0.15, 0.2) is 0 Å². The molecule has 0 spiro atoms. The number of hydrogen-bond acceptors (Lipinski definition) is 7. The predicted octanol–water partition coefficient (Wildman–Crippen LogP) is 3.05. The van der Waals surface area contributed by atoms with Gasteiger partial charge < -0.3 is 15.2 Å². The number of fused-ring (bicyclic) bond motifs is 1. The van der Waals surface area contributed by atoms with E-state index in [2.05, 4.69) is 46.3 Å². The number of anilines is 2. The fourth-order valence-electron chi connectivity index (χ4n) is 5.11. The molecule has 0 saturated carbocycles.